The molecule has 0 amide bonds. The zero-order valence-corrected chi connectivity index (χ0v) is 36.6. The molecule has 0 radical (unpaired) electrons. The van der Waals surface area contributed by atoms with E-state index in [4.69, 9.17) is 60.8 Å². The van der Waals surface area contributed by atoms with Crippen LogP contribution in [0.3, 0.4) is 0 Å². The van der Waals surface area contributed by atoms with Gasteiger partial charge in [-0.15, -0.1) is 0 Å². The van der Waals surface area contributed by atoms with Crippen LogP contribution in [0.15, 0.2) is 40.8 Å². The summed E-state index contributed by atoms with van der Waals surface area (Å²) >= 11 is 0. The summed E-state index contributed by atoms with van der Waals surface area (Å²) in [5, 5.41) is 59.7. The van der Waals surface area contributed by atoms with Gasteiger partial charge < -0.3 is 91.4 Å². The lowest BCUT2D eigenvalue weighted by atomic mass is 10.1. The van der Waals surface area contributed by atoms with E-state index >= 15 is 0 Å². The van der Waals surface area contributed by atoms with E-state index < -0.39 is 128 Å². The van der Waals surface area contributed by atoms with Crippen molar-refractivity contribution in [2.45, 2.75) is 73.6 Å². The lowest BCUT2D eigenvalue weighted by Gasteiger charge is -2.16. The van der Waals surface area contributed by atoms with E-state index in [-0.39, 0.29) is 34.4 Å². The van der Waals surface area contributed by atoms with Crippen LogP contribution in [0, 0.1) is 0 Å². The number of nitrogens with two attached hydrogens (primary N) is 3. The SMILES string of the molecule is Nc1ccn([C@@H]2O[C@H](COP(=O)(O)O)[C@@H](O)[C@H]2O)c(=O)n1.Nc1nc2c(ncn2[C@@H]2O[C@H](COP(=O)(O)O)[C@@H](O)[C@H]2O)c(=O)[nH]1.Nc1ncnc2c1ncn2[C@@H]1O[C@H](COP(=O)(O)O)[C@@H](O)[C@H]1O. The molecule has 3 saturated heterocycles. The van der Waals surface area contributed by atoms with Gasteiger partial charge in [0.1, 0.15) is 72.6 Å². The highest BCUT2D eigenvalue weighted by molar-refractivity contribution is 7.46. The van der Waals surface area contributed by atoms with Crippen LogP contribution in [-0.4, -0.2) is 183 Å². The fourth-order valence-electron chi connectivity index (χ4n) is 6.61. The van der Waals surface area contributed by atoms with Gasteiger partial charge in [0, 0.05) is 6.20 Å². The molecule has 19 N–H and O–H groups in total. The second kappa shape index (κ2) is 20.6. The minimum absolute atomic E-state index is 0.0176. The maximum Gasteiger partial charge on any atom is 0.469 e. The number of aromatic amines is 1. The highest BCUT2D eigenvalue weighted by Crippen LogP contribution is 2.41. The van der Waals surface area contributed by atoms with Gasteiger partial charge in [0.25, 0.3) is 5.56 Å². The quantitative estimate of drug-likeness (QED) is 0.0516. The first-order valence-corrected chi connectivity index (χ1v) is 23.4. The number of H-pyrrole nitrogens is 1. The number of hydrogen-bond acceptors (Lipinski definition) is 26. The van der Waals surface area contributed by atoms with Gasteiger partial charge in [-0.3, -0.25) is 37.1 Å². The molecule has 3 fully saturated rings. The van der Waals surface area contributed by atoms with Gasteiger partial charge in [-0.25, -0.2) is 38.4 Å². The molecule has 68 heavy (non-hydrogen) atoms. The minimum Gasteiger partial charge on any atom is -0.387 e. The zero-order valence-electron chi connectivity index (χ0n) is 33.9. The molecule has 0 aromatic carbocycles. The lowest BCUT2D eigenvalue weighted by molar-refractivity contribution is -0.0542. The predicted molar refractivity (Wildman–Crippen MR) is 217 cm³/mol. The molecular formula is C29H42N13O23P3. The molecule has 0 spiro atoms. The average Bonchev–Trinajstić information content (AvgIpc) is 4.05. The van der Waals surface area contributed by atoms with Gasteiger partial charge in [-0.2, -0.15) is 9.97 Å². The molecule has 3 aliphatic rings. The van der Waals surface area contributed by atoms with E-state index in [0.29, 0.717) is 5.52 Å². The van der Waals surface area contributed by atoms with Crippen molar-refractivity contribution in [2.75, 3.05) is 37.0 Å². The third-order valence-electron chi connectivity index (χ3n) is 9.74. The topological polar surface area (TPSA) is 569 Å². The predicted octanol–water partition coefficient (Wildman–Crippen LogP) is -6.88. The molecule has 36 nitrogen and oxygen atoms in total. The Morgan fingerprint density at radius 2 is 1.01 bits per heavy atom. The van der Waals surface area contributed by atoms with Gasteiger partial charge >= 0.3 is 29.2 Å². The number of rotatable bonds is 12. The Morgan fingerprint density at radius 1 is 0.588 bits per heavy atom. The Bertz CT molecular complexity index is 2830. The summed E-state index contributed by atoms with van der Waals surface area (Å²) in [5.41, 5.74) is 15.6. The summed E-state index contributed by atoms with van der Waals surface area (Å²) < 4.78 is 64.3. The van der Waals surface area contributed by atoms with Gasteiger partial charge in [0.15, 0.2) is 41.3 Å². The number of aliphatic hydroxyl groups excluding tert-OH is 6. The molecule has 0 saturated carbocycles. The van der Waals surface area contributed by atoms with Crippen molar-refractivity contribution in [1.82, 2.24) is 48.6 Å². The first kappa shape index (κ1) is 52.5. The van der Waals surface area contributed by atoms with Crippen LogP contribution >= 0.6 is 23.5 Å². The smallest absolute Gasteiger partial charge is 0.387 e. The number of nitrogens with zero attached hydrogens (tertiary/aromatic N) is 9. The van der Waals surface area contributed by atoms with Crippen molar-refractivity contribution in [3.8, 4) is 0 Å². The fourth-order valence-corrected chi connectivity index (χ4v) is 7.63. The first-order valence-electron chi connectivity index (χ1n) is 18.8. The third-order valence-corrected chi connectivity index (χ3v) is 11.2. The van der Waals surface area contributed by atoms with Gasteiger partial charge in [0.2, 0.25) is 5.95 Å². The summed E-state index contributed by atoms with van der Waals surface area (Å²) in [6.45, 7) is -1.90. The molecule has 39 heteroatoms. The highest BCUT2D eigenvalue weighted by Gasteiger charge is 2.47. The number of imidazole rings is 2. The molecule has 8 rings (SSSR count). The summed E-state index contributed by atoms with van der Waals surface area (Å²) in [6, 6.07) is 1.29. The number of phosphoric ester groups is 3. The van der Waals surface area contributed by atoms with E-state index in [1.165, 1.54) is 40.4 Å². The number of aliphatic hydroxyl groups is 6. The largest absolute Gasteiger partial charge is 0.469 e. The molecule has 12 atom stereocenters. The fraction of sp³-hybridized carbons (Fsp3) is 0.517. The van der Waals surface area contributed by atoms with E-state index in [2.05, 4.69) is 48.5 Å². The van der Waals surface area contributed by atoms with E-state index in [9.17, 15) is 53.9 Å². The number of phosphoric acid groups is 3. The Balaban J connectivity index is 0.000000168. The summed E-state index contributed by atoms with van der Waals surface area (Å²) in [7, 11) is -14.2. The van der Waals surface area contributed by atoms with E-state index in [1.54, 1.807) is 0 Å². The van der Waals surface area contributed by atoms with E-state index in [1.807, 2.05) is 0 Å². The molecule has 376 valence electrons. The number of hydrogen-bond donors (Lipinski definition) is 16. The second-order valence-electron chi connectivity index (χ2n) is 14.4. The average molecular weight is 1030 g/mol. The van der Waals surface area contributed by atoms with Crippen LogP contribution in [0.5, 0.6) is 0 Å². The molecule has 0 bridgehead atoms. The van der Waals surface area contributed by atoms with Crippen LogP contribution < -0.4 is 28.5 Å². The molecule has 0 unspecified atom stereocenters. The van der Waals surface area contributed by atoms with Crippen LogP contribution in [0.1, 0.15) is 18.7 Å². The maximum atomic E-state index is 11.7. The Kier molecular flexibility index (Phi) is 15.9. The molecular weight excluding hydrogens is 991 g/mol. The first-order chi connectivity index (χ1) is 31.6. The molecule has 5 aromatic heterocycles. The number of fused-ring (bicyclic) bond motifs is 2. The Morgan fingerprint density at radius 3 is 1.46 bits per heavy atom. The van der Waals surface area contributed by atoms with Crippen LogP contribution in [0.2, 0.25) is 0 Å². The van der Waals surface area contributed by atoms with Gasteiger partial charge in [-0.1, -0.05) is 0 Å². The van der Waals surface area contributed by atoms with E-state index in [0.717, 1.165) is 4.57 Å². The lowest BCUT2D eigenvalue weighted by Crippen LogP contribution is -2.36. The van der Waals surface area contributed by atoms with Gasteiger partial charge in [-0.05, 0) is 6.07 Å². The summed E-state index contributed by atoms with van der Waals surface area (Å²) in [6.07, 6.45) is -11.0. The molecule has 3 aliphatic heterocycles. The van der Waals surface area contributed by atoms with Crippen LogP contribution in [0.25, 0.3) is 22.3 Å². The third kappa shape index (κ3) is 12.3. The maximum absolute atomic E-state index is 11.7. The summed E-state index contributed by atoms with van der Waals surface area (Å²) in [5.74, 6) is -0.0579. The number of ether oxygens (including phenoxy) is 3. The Hall–Kier alpha value is -4.85. The zero-order chi connectivity index (χ0) is 50.2. The second-order valence-corrected chi connectivity index (χ2v) is 18.1. The number of nitrogen functional groups attached to an aromatic ring is 3. The number of aromatic nitrogens is 10. The van der Waals surface area contributed by atoms with Crippen molar-refractivity contribution < 1.29 is 101 Å². The van der Waals surface area contributed by atoms with Crippen molar-refractivity contribution in [2.24, 2.45) is 0 Å². The van der Waals surface area contributed by atoms with Crippen molar-refractivity contribution >= 4 is 63.4 Å². The normalized spacial score (nSPS) is 28.6. The van der Waals surface area contributed by atoms with Gasteiger partial charge in [0.05, 0.1) is 32.5 Å². The Labute approximate surface area is 375 Å². The molecule has 5 aromatic rings. The van der Waals surface area contributed by atoms with Crippen LogP contribution in [0.4, 0.5) is 17.6 Å². The number of anilines is 3. The monoisotopic (exact) mass is 1030 g/mol. The van der Waals surface area contributed by atoms with Crippen molar-refractivity contribution in [3.05, 3.63) is 52.1 Å². The van der Waals surface area contributed by atoms with Crippen molar-refractivity contribution in [1.29, 1.82) is 0 Å². The summed E-state index contributed by atoms with van der Waals surface area (Å²) in [4.78, 5) is 101. The number of nitrogens with one attached hydrogen (secondary N) is 1. The standard InChI is InChI=1S/C10H14N5O8P.C10H14N5O7P.C9H14N3O8P/c11-10-13-7-4(8(18)14-10)12-2-15(7)9-6(17)5(16)3(23-9)1-22-24(19,20)21;11-8-5-9(13-2-12-8)15(3-14-5)10-7(17)6(16)4(22-10)1-21-23(18,19)20;10-5-1-2-12(9(15)11-5)8-7(14)6(13)4(20-8)3-19-21(16,17)18/h2-3,5-6,9,16-17H,1H2,(H2,19,20,21)(H3,11,13,14,18);2-4,6-7,10,16-17H,1H2,(H2,11,12,13)(H2,18,19,20);1-2,4,6-8,13-14H,3H2,(H2,10,11,15)(H2,16,17,18)/t3-,5-,6-,9-;4-,6-,7-,10-;4-,6-,7-,8-/m111/s1. The van der Waals surface area contributed by atoms with Crippen molar-refractivity contribution in [3.63, 3.8) is 0 Å². The molecule has 8 heterocycles. The molecule has 0 aliphatic carbocycles. The minimum atomic E-state index is -4.76. The van der Waals surface area contributed by atoms with Crippen LogP contribution in [-0.2, 0) is 41.5 Å². The highest BCUT2D eigenvalue weighted by atomic mass is 31.2.